The Labute approximate surface area is 110 Å². The molecule has 0 amide bonds. The number of hydrogen-bond donors (Lipinski definition) is 2. The van der Waals surface area contributed by atoms with Gasteiger partial charge in [-0.2, -0.15) is 0 Å². The monoisotopic (exact) mass is 248 g/mol. The average molecular weight is 248 g/mol. The molecule has 3 heteroatoms. The standard InChI is InChI=1S/C15H24N2O/c1-11-7-8-17(13(9-11)10-16)12(2)14-5-3-4-6-15(14)18/h3-6,11-13,18H,7-10,16H2,1-2H3. The average Bonchev–Trinajstić information content (AvgIpc) is 2.38. The van der Waals surface area contributed by atoms with Gasteiger partial charge in [0.25, 0.3) is 0 Å². The summed E-state index contributed by atoms with van der Waals surface area (Å²) >= 11 is 0. The Morgan fingerprint density at radius 1 is 1.44 bits per heavy atom. The van der Waals surface area contributed by atoms with E-state index in [1.165, 1.54) is 6.42 Å². The number of rotatable bonds is 3. The molecule has 1 aliphatic heterocycles. The smallest absolute Gasteiger partial charge is 0.120 e. The fourth-order valence-corrected chi connectivity index (χ4v) is 3.03. The number of piperidine rings is 1. The molecule has 18 heavy (non-hydrogen) atoms. The Hall–Kier alpha value is -1.06. The first-order valence-electron chi connectivity index (χ1n) is 6.87. The molecule has 1 saturated heterocycles. The van der Waals surface area contributed by atoms with E-state index >= 15 is 0 Å². The number of para-hydroxylation sites is 1. The molecule has 3 atom stereocenters. The van der Waals surface area contributed by atoms with Gasteiger partial charge in [-0.1, -0.05) is 25.1 Å². The van der Waals surface area contributed by atoms with Crippen LogP contribution in [0.3, 0.4) is 0 Å². The highest BCUT2D eigenvalue weighted by atomic mass is 16.3. The molecule has 2 rings (SSSR count). The van der Waals surface area contributed by atoms with E-state index < -0.39 is 0 Å². The molecule has 0 aromatic heterocycles. The fourth-order valence-electron chi connectivity index (χ4n) is 3.03. The minimum atomic E-state index is 0.229. The predicted octanol–water partition coefficient (Wildman–Crippen LogP) is 2.51. The Balaban J connectivity index is 2.17. The Bertz CT molecular complexity index is 394. The van der Waals surface area contributed by atoms with Crippen molar-refractivity contribution in [3.05, 3.63) is 29.8 Å². The Morgan fingerprint density at radius 3 is 2.83 bits per heavy atom. The molecule has 0 spiro atoms. The van der Waals surface area contributed by atoms with Crippen LogP contribution in [0.15, 0.2) is 24.3 Å². The van der Waals surface area contributed by atoms with E-state index in [0.717, 1.165) is 24.4 Å². The van der Waals surface area contributed by atoms with Crippen LogP contribution in [-0.4, -0.2) is 29.1 Å². The van der Waals surface area contributed by atoms with E-state index in [1.807, 2.05) is 18.2 Å². The maximum absolute atomic E-state index is 9.96. The van der Waals surface area contributed by atoms with Gasteiger partial charge in [0.15, 0.2) is 0 Å². The van der Waals surface area contributed by atoms with Crippen molar-refractivity contribution < 1.29 is 5.11 Å². The number of phenols is 1. The third-order valence-corrected chi connectivity index (χ3v) is 4.18. The summed E-state index contributed by atoms with van der Waals surface area (Å²) in [7, 11) is 0. The number of phenolic OH excluding ortho intramolecular Hbond substituents is 1. The van der Waals surface area contributed by atoms with Crippen LogP contribution in [0.4, 0.5) is 0 Å². The van der Waals surface area contributed by atoms with Crippen molar-refractivity contribution in [1.82, 2.24) is 4.90 Å². The van der Waals surface area contributed by atoms with Gasteiger partial charge in [-0.3, -0.25) is 4.90 Å². The second-order valence-corrected chi connectivity index (χ2v) is 5.49. The topological polar surface area (TPSA) is 49.5 Å². The van der Waals surface area contributed by atoms with Gasteiger partial charge >= 0.3 is 0 Å². The molecule has 0 radical (unpaired) electrons. The lowest BCUT2D eigenvalue weighted by atomic mass is 9.90. The van der Waals surface area contributed by atoms with Crippen molar-refractivity contribution in [2.24, 2.45) is 11.7 Å². The van der Waals surface area contributed by atoms with E-state index in [2.05, 4.69) is 18.7 Å². The quantitative estimate of drug-likeness (QED) is 0.864. The van der Waals surface area contributed by atoms with Gasteiger partial charge in [0.1, 0.15) is 5.75 Å². The van der Waals surface area contributed by atoms with Gasteiger partial charge in [-0.05, 0) is 38.3 Å². The maximum atomic E-state index is 9.96. The summed E-state index contributed by atoms with van der Waals surface area (Å²) in [6.07, 6.45) is 2.38. The molecule has 1 aromatic carbocycles. The van der Waals surface area contributed by atoms with Crippen molar-refractivity contribution in [3.8, 4) is 5.75 Å². The molecular formula is C15H24N2O. The largest absolute Gasteiger partial charge is 0.508 e. The lowest BCUT2D eigenvalue weighted by Gasteiger charge is -2.42. The van der Waals surface area contributed by atoms with Gasteiger partial charge in [0.05, 0.1) is 0 Å². The lowest BCUT2D eigenvalue weighted by Crippen LogP contribution is -2.47. The lowest BCUT2D eigenvalue weighted by molar-refractivity contribution is 0.0823. The zero-order chi connectivity index (χ0) is 13.1. The number of nitrogens with zero attached hydrogens (tertiary/aromatic N) is 1. The second kappa shape index (κ2) is 5.72. The minimum absolute atomic E-state index is 0.229. The van der Waals surface area contributed by atoms with Gasteiger partial charge in [0, 0.05) is 24.2 Å². The molecule has 1 heterocycles. The summed E-state index contributed by atoms with van der Waals surface area (Å²) in [5.41, 5.74) is 6.91. The van der Waals surface area contributed by atoms with Gasteiger partial charge in [0.2, 0.25) is 0 Å². The van der Waals surface area contributed by atoms with E-state index in [9.17, 15) is 5.11 Å². The Kier molecular flexibility index (Phi) is 4.25. The zero-order valence-corrected chi connectivity index (χ0v) is 11.3. The van der Waals surface area contributed by atoms with E-state index in [0.29, 0.717) is 18.3 Å². The molecular weight excluding hydrogens is 224 g/mol. The molecule has 1 aliphatic rings. The zero-order valence-electron chi connectivity index (χ0n) is 11.3. The molecule has 1 fully saturated rings. The van der Waals surface area contributed by atoms with Gasteiger partial charge in [-0.15, -0.1) is 0 Å². The molecule has 1 aromatic rings. The summed E-state index contributed by atoms with van der Waals surface area (Å²) in [6, 6.07) is 8.27. The molecule has 3 N–H and O–H groups in total. The summed E-state index contributed by atoms with van der Waals surface area (Å²) < 4.78 is 0. The van der Waals surface area contributed by atoms with Gasteiger partial charge < -0.3 is 10.8 Å². The number of benzene rings is 1. The molecule has 0 bridgehead atoms. The molecule has 100 valence electrons. The first-order valence-corrected chi connectivity index (χ1v) is 6.87. The number of aromatic hydroxyl groups is 1. The van der Waals surface area contributed by atoms with E-state index in [4.69, 9.17) is 5.73 Å². The molecule has 3 unspecified atom stereocenters. The normalized spacial score (nSPS) is 27.1. The van der Waals surface area contributed by atoms with Crippen LogP contribution < -0.4 is 5.73 Å². The van der Waals surface area contributed by atoms with Crippen LogP contribution in [0.25, 0.3) is 0 Å². The van der Waals surface area contributed by atoms with Crippen LogP contribution in [0.2, 0.25) is 0 Å². The highest BCUT2D eigenvalue weighted by Gasteiger charge is 2.30. The predicted molar refractivity (Wildman–Crippen MR) is 74.5 cm³/mol. The van der Waals surface area contributed by atoms with Crippen molar-refractivity contribution in [2.45, 2.75) is 38.8 Å². The molecule has 0 aliphatic carbocycles. The molecule has 0 saturated carbocycles. The van der Waals surface area contributed by atoms with Crippen LogP contribution in [-0.2, 0) is 0 Å². The first kappa shape index (κ1) is 13.4. The fraction of sp³-hybridized carbons (Fsp3) is 0.600. The van der Waals surface area contributed by atoms with Crippen LogP contribution >= 0.6 is 0 Å². The molecule has 3 nitrogen and oxygen atoms in total. The minimum Gasteiger partial charge on any atom is -0.508 e. The highest BCUT2D eigenvalue weighted by Crippen LogP contribution is 2.33. The maximum Gasteiger partial charge on any atom is 0.120 e. The van der Waals surface area contributed by atoms with Gasteiger partial charge in [-0.25, -0.2) is 0 Å². The number of likely N-dealkylation sites (tertiary alicyclic amines) is 1. The SMILES string of the molecule is CC1CCN(C(C)c2ccccc2O)C(CN)C1. The second-order valence-electron chi connectivity index (χ2n) is 5.49. The van der Waals surface area contributed by atoms with Crippen molar-refractivity contribution in [2.75, 3.05) is 13.1 Å². The van der Waals surface area contributed by atoms with Crippen LogP contribution in [0.1, 0.15) is 38.3 Å². The van der Waals surface area contributed by atoms with Crippen LogP contribution in [0, 0.1) is 5.92 Å². The third-order valence-electron chi connectivity index (χ3n) is 4.18. The summed E-state index contributed by atoms with van der Waals surface area (Å²) in [5, 5.41) is 9.96. The first-order chi connectivity index (χ1) is 8.63. The van der Waals surface area contributed by atoms with Crippen LogP contribution in [0.5, 0.6) is 5.75 Å². The van der Waals surface area contributed by atoms with Crippen molar-refractivity contribution >= 4 is 0 Å². The summed E-state index contributed by atoms with van der Waals surface area (Å²) in [4.78, 5) is 2.44. The number of nitrogens with two attached hydrogens (primary N) is 1. The van der Waals surface area contributed by atoms with Crippen molar-refractivity contribution in [3.63, 3.8) is 0 Å². The van der Waals surface area contributed by atoms with E-state index in [1.54, 1.807) is 6.07 Å². The summed E-state index contributed by atoms with van der Waals surface area (Å²) in [5.74, 6) is 1.14. The third kappa shape index (κ3) is 2.68. The van der Waals surface area contributed by atoms with Crippen molar-refractivity contribution in [1.29, 1.82) is 0 Å². The Morgan fingerprint density at radius 2 is 2.17 bits per heavy atom. The number of hydrogen-bond acceptors (Lipinski definition) is 3. The highest BCUT2D eigenvalue weighted by molar-refractivity contribution is 5.34. The summed E-state index contributed by atoms with van der Waals surface area (Å²) in [6.45, 7) is 6.22. The van der Waals surface area contributed by atoms with E-state index in [-0.39, 0.29) is 6.04 Å².